The molecule has 10 nitrogen and oxygen atoms in total. The van der Waals surface area contributed by atoms with Crippen LogP contribution >= 0.6 is 0 Å². The van der Waals surface area contributed by atoms with Crippen molar-refractivity contribution in [1.82, 2.24) is 19.6 Å². The Morgan fingerprint density at radius 3 is 2.57 bits per heavy atom. The van der Waals surface area contributed by atoms with E-state index in [1.165, 1.54) is 22.9 Å². The number of benzene rings is 1. The topological polar surface area (TPSA) is 134 Å². The third-order valence-electron chi connectivity index (χ3n) is 7.83. The van der Waals surface area contributed by atoms with Gasteiger partial charge in [-0.15, -0.1) is 0 Å². The van der Waals surface area contributed by atoms with Gasteiger partial charge in [-0.3, -0.25) is 4.98 Å². The summed E-state index contributed by atoms with van der Waals surface area (Å²) >= 11 is 0. The maximum atomic E-state index is 15.1. The predicted octanol–water partition coefficient (Wildman–Crippen LogP) is 5.01. The normalized spacial score (nSPS) is 20.8. The highest BCUT2D eigenvalue weighted by atomic mass is 32.2. The zero-order valence-electron chi connectivity index (χ0n) is 25.2. The van der Waals surface area contributed by atoms with Gasteiger partial charge in [-0.25, -0.2) is 22.2 Å². The number of hydrogen-bond donors (Lipinski definition) is 2. The fourth-order valence-corrected chi connectivity index (χ4v) is 6.14. The van der Waals surface area contributed by atoms with Gasteiger partial charge >= 0.3 is 0 Å². The molecule has 0 bridgehead atoms. The van der Waals surface area contributed by atoms with Gasteiger partial charge in [-0.2, -0.15) is 9.61 Å². The number of sulfone groups is 1. The fourth-order valence-electron chi connectivity index (χ4n) is 5.75. The Hall–Kier alpha value is -3.52. The van der Waals surface area contributed by atoms with E-state index in [1.54, 1.807) is 30.7 Å². The molecule has 1 aromatic carbocycles. The van der Waals surface area contributed by atoms with Crippen molar-refractivity contribution >= 4 is 27.0 Å². The van der Waals surface area contributed by atoms with Crippen molar-refractivity contribution in [2.24, 2.45) is 11.7 Å². The van der Waals surface area contributed by atoms with Gasteiger partial charge in [0.1, 0.15) is 21.5 Å². The standard InChI is InChI=1S/C31H38F2N6O4S/c1-18(2)43-17-20-12-24(32)29(25(33)13-20)27-6-5-22-15-36-31(39(22)38-27)37-28-16-35-8-7-23(28)21-11-19(3)30(26(34)14-21)42-9-10-44(4,40)41/h5-8,12-13,15-16,18-19,21,26,30H,9-11,14,17,34H2,1-4H3,(H,36,37)/t19-,21+,26+,30-/m0/s1. The van der Waals surface area contributed by atoms with E-state index >= 15 is 8.78 Å². The van der Waals surface area contributed by atoms with Gasteiger partial charge in [0, 0.05) is 18.5 Å². The Morgan fingerprint density at radius 2 is 1.89 bits per heavy atom. The first-order valence-electron chi connectivity index (χ1n) is 14.6. The lowest BCUT2D eigenvalue weighted by atomic mass is 9.74. The Kier molecular flexibility index (Phi) is 9.59. The third-order valence-corrected chi connectivity index (χ3v) is 8.73. The van der Waals surface area contributed by atoms with Gasteiger partial charge in [0.25, 0.3) is 0 Å². The lowest BCUT2D eigenvalue weighted by Crippen LogP contribution is -2.47. The van der Waals surface area contributed by atoms with Crippen LogP contribution in [-0.4, -0.2) is 64.9 Å². The van der Waals surface area contributed by atoms with Crippen molar-refractivity contribution < 1.29 is 26.7 Å². The van der Waals surface area contributed by atoms with Gasteiger partial charge in [0.05, 0.1) is 66.0 Å². The highest BCUT2D eigenvalue weighted by Gasteiger charge is 2.36. The van der Waals surface area contributed by atoms with Crippen molar-refractivity contribution in [3.63, 3.8) is 0 Å². The summed E-state index contributed by atoms with van der Waals surface area (Å²) < 4.78 is 66.2. The zero-order chi connectivity index (χ0) is 31.6. The maximum Gasteiger partial charge on any atom is 0.229 e. The highest BCUT2D eigenvalue weighted by molar-refractivity contribution is 7.90. The number of fused-ring (bicyclic) bond motifs is 1. The number of pyridine rings is 1. The summed E-state index contributed by atoms with van der Waals surface area (Å²) in [6.07, 6.45) is 7.31. The molecule has 5 rings (SSSR count). The monoisotopic (exact) mass is 628 g/mol. The summed E-state index contributed by atoms with van der Waals surface area (Å²) in [7, 11) is -3.13. The lowest BCUT2D eigenvalue weighted by molar-refractivity contribution is -0.0152. The molecule has 4 atom stereocenters. The van der Waals surface area contributed by atoms with Crippen LogP contribution in [0.2, 0.25) is 0 Å². The molecule has 0 saturated heterocycles. The van der Waals surface area contributed by atoms with E-state index in [1.807, 2.05) is 19.9 Å². The Balaban J connectivity index is 1.37. The molecule has 3 aromatic heterocycles. The van der Waals surface area contributed by atoms with Crippen LogP contribution in [0, 0.1) is 17.6 Å². The van der Waals surface area contributed by atoms with E-state index in [4.69, 9.17) is 15.2 Å². The Labute approximate surface area is 255 Å². The first kappa shape index (κ1) is 31.9. The van der Waals surface area contributed by atoms with Crippen LogP contribution in [0.25, 0.3) is 16.8 Å². The molecule has 1 aliphatic rings. The average molecular weight is 629 g/mol. The second-order valence-electron chi connectivity index (χ2n) is 11.8. The minimum Gasteiger partial charge on any atom is -0.375 e. The third kappa shape index (κ3) is 7.40. The minimum atomic E-state index is -3.13. The van der Waals surface area contributed by atoms with E-state index in [0.29, 0.717) is 29.1 Å². The van der Waals surface area contributed by atoms with Crippen molar-refractivity contribution in [1.29, 1.82) is 0 Å². The van der Waals surface area contributed by atoms with E-state index in [9.17, 15) is 8.42 Å². The number of anilines is 2. The van der Waals surface area contributed by atoms with Crippen LogP contribution in [0.4, 0.5) is 20.4 Å². The number of ether oxygens (including phenoxy) is 2. The molecule has 0 amide bonds. The van der Waals surface area contributed by atoms with Gasteiger partial charge in [0.2, 0.25) is 5.95 Å². The summed E-state index contributed by atoms with van der Waals surface area (Å²) in [4.78, 5) is 8.77. The quantitative estimate of drug-likeness (QED) is 0.235. The summed E-state index contributed by atoms with van der Waals surface area (Å²) in [5, 5.41) is 7.84. The van der Waals surface area contributed by atoms with Crippen LogP contribution in [-0.2, 0) is 25.9 Å². The molecule has 44 heavy (non-hydrogen) atoms. The average Bonchev–Trinajstić information content (AvgIpc) is 3.34. The fraction of sp³-hybridized carbons (Fsp3) is 0.452. The minimum absolute atomic E-state index is 0.0450. The van der Waals surface area contributed by atoms with E-state index in [2.05, 4.69) is 27.3 Å². The molecule has 13 heteroatoms. The summed E-state index contributed by atoms with van der Waals surface area (Å²) in [5.74, 6) is -0.981. The molecule has 3 N–H and O–H groups in total. The summed E-state index contributed by atoms with van der Waals surface area (Å²) in [6.45, 7) is 5.98. The molecule has 236 valence electrons. The lowest BCUT2D eigenvalue weighted by Gasteiger charge is -2.39. The van der Waals surface area contributed by atoms with Crippen LogP contribution < -0.4 is 11.1 Å². The molecule has 1 fully saturated rings. The molecular formula is C31H38F2N6O4S. The SMILES string of the molecule is CC(C)OCc1cc(F)c(-c2ccc3cnc(Nc4cnccc4[C@H]4C[C@@H](N)[C@@H](OCCS(C)(=O)=O)[C@@H](C)C4)n3n2)c(F)c1. The summed E-state index contributed by atoms with van der Waals surface area (Å²) in [5.41, 5.74) is 9.14. The summed E-state index contributed by atoms with van der Waals surface area (Å²) in [6, 6.07) is 7.43. The van der Waals surface area contributed by atoms with Gasteiger partial charge < -0.3 is 20.5 Å². The van der Waals surface area contributed by atoms with Crippen molar-refractivity contribution in [2.75, 3.05) is 23.9 Å². The second kappa shape index (κ2) is 13.2. The number of hydrogen-bond acceptors (Lipinski definition) is 9. The zero-order valence-corrected chi connectivity index (χ0v) is 26.0. The Morgan fingerprint density at radius 1 is 1.14 bits per heavy atom. The first-order chi connectivity index (χ1) is 20.9. The number of aromatic nitrogens is 4. The van der Waals surface area contributed by atoms with Crippen molar-refractivity contribution in [3.05, 3.63) is 71.7 Å². The number of nitrogens with one attached hydrogen (secondary N) is 1. The molecule has 1 saturated carbocycles. The van der Waals surface area contributed by atoms with E-state index in [-0.39, 0.29) is 60.3 Å². The number of nitrogens with zero attached hydrogens (tertiary/aromatic N) is 4. The first-order valence-corrected chi connectivity index (χ1v) is 16.7. The second-order valence-corrected chi connectivity index (χ2v) is 14.1. The largest absolute Gasteiger partial charge is 0.375 e. The van der Waals surface area contributed by atoms with E-state index in [0.717, 1.165) is 12.0 Å². The molecule has 3 heterocycles. The number of rotatable bonds is 11. The van der Waals surface area contributed by atoms with Gasteiger partial charge in [-0.05, 0) is 80.0 Å². The molecule has 4 aromatic rings. The number of halogens is 2. The van der Waals surface area contributed by atoms with Gasteiger partial charge in [-0.1, -0.05) is 6.92 Å². The molecule has 1 aliphatic carbocycles. The highest BCUT2D eigenvalue weighted by Crippen LogP contribution is 2.40. The Bertz CT molecular complexity index is 1700. The van der Waals surface area contributed by atoms with Crippen molar-refractivity contribution in [2.45, 2.75) is 64.4 Å². The molecule has 0 spiro atoms. The van der Waals surface area contributed by atoms with E-state index < -0.39 is 21.5 Å². The smallest absolute Gasteiger partial charge is 0.229 e. The molecule has 0 aliphatic heterocycles. The molecule has 0 unspecified atom stereocenters. The number of nitrogens with two attached hydrogens (primary N) is 1. The van der Waals surface area contributed by atoms with Crippen LogP contribution in [0.15, 0.2) is 48.9 Å². The predicted molar refractivity (Wildman–Crippen MR) is 164 cm³/mol. The number of imidazole rings is 1. The maximum absolute atomic E-state index is 15.1. The van der Waals surface area contributed by atoms with Gasteiger partial charge in [0.15, 0.2) is 0 Å². The van der Waals surface area contributed by atoms with Crippen LogP contribution in [0.5, 0.6) is 0 Å². The van der Waals surface area contributed by atoms with Crippen LogP contribution in [0.3, 0.4) is 0 Å². The van der Waals surface area contributed by atoms with Crippen LogP contribution in [0.1, 0.15) is 50.7 Å². The molecular weight excluding hydrogens is 590 g/mol. The molecule has 0 radical (unpaired) electrons. The van der Waals surface area contributed by atoms with Crippen molar-refractivity contribution in [3.8, 4) is 11.3 Å².